The molecule has 0 radical (unpaired) electrons. The molecule has 118 valence electrons. The number of hydrogen-bond donors (Lipinski definition) is 0. The van der Waals surface area contributed by atoms with Gasteiger partial charge in [0.2, 0.25) is 0 Å². The Labute approximate surface area is 131 Å². The molecule has 0 N–H and O–H groups in total. The second kappa shape index (κ2) is 9.97. The summed E-state index contributed by atoms with van der Waals surface area (Å²) in [6.07, 6.45) is 26.1. The Hall–Kier alpha value is -0.850. The standard InChI is InChI=1S/C20H33N/c1-2-3-12-18-13-8-6-4-5-7-9-16-20(21-17-18)19-14-10-11-15-19/h6-9,17-20H,2-5,10-16H2,1H3. The van der Waals surface area contributed by atoms with Crippen LogP contribution in [0.25, 0.3) is 0 Å². The van der Waals surface area contributed by atoms with E-state index in [-0.39, 0.29) is 0 Å². The fourth-order valence-electron chi connectivity index (χ4n) is 3.60. The summed E-state index contributed by atoms with van der Waals surface area (Å²) in [7, 11) is 0. The molecule has 0 saturated heterocycles. The van der Waals surface area contributed by atoms with E-state index in [0.717, 1.165) is 12.3 Å². The normalized spacial score (nSPS) is 28.4. The number of nitrogens with zero attached hydrogens (tertiary/aromatic N) is 1. The molecule has 0 aromatic heterocycles. The maximum atomic E-state index is 5.06. The van der Waals surface area contributed by atoms with E-state index in [9.17, 15) is 0 Å². The van der Waals surface area contributed by atoms with E-state index in [2.05, 4.69) is 37.4 Å². The van der Waals surface area contributed by atoms with Crippen LogP contribution in [0, 0.1) is 11.8 Å². The molecule has 1 nitrogen and oxygen atoms in total. The first-order valence-electron chi connectivity index (χ1n) is 9.23. The molecule has 2 aliphatic rings. The zero-order valence-electron chi connectivity index (χ0n) is 13.8. The summed E-state index contributed by atoms with van der Waals surface area (Å²) >= 11 is 0. The molecule has 0 aromatic rings. The van der Waals surface area contributed by atoms with Gasteiger partial charge in [0.15, 0.2) is 0 Å². The lowest BCUT2D eigenvalue weighted by atomic mass is 9.94. The van der Waals surface area contributed by atoms with Gasteiger partial charge in [0.05, 0.1) is 6.04 Å². The van der Waals surface area contributed by atoms with Gasteiger partial charge in [-0.15, -0.1) is 0 Å². The fraction of sp³-hybridized carbons (Fsp3) is 0.750. The predicted octanol–water partition coefficient (Wildman–Crippen LogP) is 6.11. The van der Waals surface area contributed by atoms with Crippen LogP contribution in [-0.4, -0.2) is 12.3 Å². The van der Waals surface area contributed by atoms with Gasteiger partial charge in [-0.1, -0.05) is 56.9 Å². The average molecular weight is 287 g/mol. The fourth-order valence-corrected chi connectivity index (χ4v) is 3.60. The third-order valence-electron chi connectivity index (χ3n) is 5.01. The van der Waals surface area contributed by atoms with Crippen molar-refractivity contribution in [1.82, 2.24) is 0 Å². The molecule has 2 rings (SSSR count). The highest BCUT2D eigenvalue weighted by Crippen LogP contribution is 2.31. The van der Waals surface area contributed by atoms with Crippen molar-refractivity contribution in [3.05, 3.63) is 24.3 Å². The van der Waals surface area contributed by atoms with Gasteiger partial charge >= 0.3 is 0 Å². The van der Waals surface area contributed by atoms with E-state index in [0.29, 0.717) is 12.0 Å². The molecule has 0 amide bonds. The Morgan fingerprint density at radius 2 is 1.67 bits per heavy atom. The van der Waals surface area contributed by atoms with Crippen molar-refractivity contribution in [2.45, 2.75) is 83.6 Å². The summed E-state index contributed by atoms with van der Waals surface area (Å²) in [6, 6.07) is 0.552. The first-order chi connectivity index (χ1) is 10.4. The SMILES string of the molecule is CCCCC1C=NC(C2CCCC2)CC=CCCC=CC1. The lowest BCUT2D eigenvalue weighted by Crippen LogP contribution is -2.16. The van der Waals surface area contributed by atoms with Crippen molar-refractivity contribution in [2.75, 3.05) is 0 Å². The van der Waals surface area contributed by atoms with Gasteiger partial charge in [0.25, 0.3) is 0 Å². The number of rotatable bonds is 4. The smallest absolute Gasteiger partial charge is 0.0558 e. The number of hydrogen-bond acceptors (Lipinski definition) is 1. The summed E-state index contributed by atoms with van der Waals surface area (Å²) in [5.74, 6) is 1.50. The molecule has 1 heteroatoms. The maximum Gasteiger partial charge on any atom is 0.0558 e. The molecule has 1 fully saturated rings. The molecule has 2 atom stereocenters. The third kappa shape index (κ3) is 6.20. The summed E-state index contributed by atoms with van der Waals surface area (Å²) in [5.41, 5.74) is 0. The second-order valence-electron chi connectivity index (χ2n) is 6.80. The summed E-state index contributed by atoms with van der Waals surface area (Å²) < 4.78 is 0. The highest BCUT2D eigenvalue weighted by Gasteiger charge is 2.23. The van der Waals surface area contributed by atoms with Crippen LogP contribution in [-0.2, 0) is 0 Å². The van der Waals surface area contributed by atoms with Crippen LogP contribution in [0.3, 0.4) is 0 Å². The minimum atomic E-state index is 0.552. The monoisotopic (exact) mass is 287 g/mol. The lowest BCUT2D eigenvalue weighted by Gasteiger charge is -2.19. The maximum absolute atomic E-state index is 5.06. The van der Waals surface area contributed by atoms with Crippen molar-refractivity contribution < 1.29 is 0 Å². The minimum absolute atomic E-state index is 0.552. The van der Waals surface area contributed by atoms with Crippen LogP contribution >= 0.6 is 0 Å². The first-order valence-corrected chi connectivity index (χ1v) is 9.23. The summed E-state index contributed by atoms with van der Waals surface area (Å²) in [5, 5.41) is 0. The molecule has 0 bridgehead atoms. The van der Waals surface area contributed by atoms with Crippen LogP contribution in [0.1, 0.15) is 77.6 Å². The van der Waals surface area contributed by atoms with E-state index in [4.69, 9.17) is 4.99 Å². The Morgan fingerprint density at radius 3 is 2.38 bits per heavy atom. The lowest BCUT2D eigenvalue weighted by molar-refractivity contribution is 0.434. The molecule has 21 heavy (non-hydrogen) atoms. The van der Waals surface area contributed by atoms with E-state index < -0.39 is 0 Å². The van der Waals surface area contributed by atoms with Crippen molar-refractivity contribution in [2.24, 2.45) is 16.8 Å². The number of unbranched alkanes of at least 4 members (excludes halogenated alkanes) is 1. The van der Waals surface area contributed by atoms with Gasteiger partial charge in [-0.25, -0.2) is 0 Å². The molecule has 0 aromatic carbocycles. The zero-order chi connectivity index (χ0) is 14.8. The first kappa shape index (κ1) is 16.5. The van der Waals surface area contributed by atoms with Gasteiger partial charge in [-0.3, -0.25) is 4.99 Å². The topological polar surface area (TPSA) is 12.4 Å². The number of aliphatic imine (C=N–C) groups is 1. The van der Waals surface area contributed by atoms with Crippen molar-refractivity contribution in [3.8, 4) is 0 Å². The molecule has 0 spiro atoms. The quantitative estimate of drug-likeness (QED) is 0.553. The van der Waals surface area contributed by atoms with Gasteiger partial charge < -0.3 is 0 Å². The predicted molar refractivity (Wildman–Crippen MR) is 94.0 cm³/mol. The Balaban J connectivity index is 2.01. The highest BCUT2D eigenvalue weighted by atomic mass is 14.8. The van der Waals surface area contributed by atoms with E-state index in [1.807, 2.05) is 0 Å². The minimum Gasteiger partial charge on any atom is -0.293 e. The Morgan fingerprint density at radius 1 is 0.952 bits per heavy atom. The third-order valence-corrected chi connectivity index (χ3v) is 5.01. The number of allylic oxidation sites excluding steroid dienone is 3. The van der Waals surface area contributed by atoms with E-state index in [1.54, 1.807) is 0 Å². The van der Waals surface area contributed by atoms with E-state index >= 15 is 0 Å². The molecule has 1 aliphatic heterocycles. The van der Waals surface area contributed by atoms with Gasteiger partial charge in [-0.05, 0) is 56.8 Å². The molecular formula is C20H33N. The van der Waals surface area contributed by atoms with Crippen LogP contribution in [0.2, 0.25) is 0 Å². The summed E-state index contributed by atoms with van der Waals surface area (Å²) in [6.45, 7) is 2.29. The van der Waals surface area contributed by atoms with Crippen molar-refractivity contribution in [1.29, 1.82) is 0 Å². The molecular weight excluding hydrogens is 254 g/mol. The van der Waals surface area contributed by atoms with Crippen LogP contribution in [0.15, 0.2) is 29.3 Å². The average Bonchev–Trinajstić information content (AvgIpc) is 3.01. The van der Waals surface area contributed by atoms with E-state index in [1.165, 1.54) is 64.2 Å². The molecule has 1 aliphatic carbocycles. The highest BCUT2D eigenvalue weighted by molar-refractivity contribution is 5.61. The van der Waals surface area contributed by atoms with Crippen LogP contribution < -0.4 is 0 Å². The van der Waals surface area contributed by atoms with Crippen LogP contribution in [0.4, 0.5) is 0 Å². The Kier molecular flexibility index (Phi) is 7.85. The van der Waals surface area contributed by atoms with Crippen molar-refractivity contribution in [3.63, 3.8) is 0 Å². The van der Waals surface area contributed by atoms with Crippen LogP contribution in [0.5, 0.6) is 0 Å². The molecule has 1 saturated carbocycles. The van der Waals surface area contributed by atoms with Gasteiger partial charge in [0, 0.05) is 6.21 Å². The Bertz CT molecular complexity index is 347. The molecule has 2 unspecified atom stereocenters. The largest absolute Gasteiger partial charge is 0.293 e. The molecule has 1 heterocycles. The van der Waals surface area contributed by atoms with Gasteiger partial charge in [0.1, 0.15) is 0 Å². The van der Waals surface area contributed by atoms with Crippen molar-refractivity contribution >= 4 is 6.21 Å². The zero-order valence-corrected chi connectivity index (χ0v) is 13.8. The summed E-state index contributed by atoms with van der Waals surface area (Å²) in [4.78, 5) is 5.06. The second-order valence-corrected chi connectivity index (χ2v) is 6.80. The van der Waals surface area contributed by atoms with Gasteiger partial charge in [-0.2, -0.15) is 0 Å².